The number of likely N-dealkylation sites (tertiary alicyclic amines) is 1. The van der Waals surface area contributed by atoms with Crippen molar-refractivity contribution >= 4 is 17.5 Å². The van der Waals surface area contributed by atoms with Crippen LogP contribution < -0.4 is 5.32 Å². The first kappa shape index (κ1) is 18.3. The Morgan fingerprint density at radius 2 is 1.92 bits per heavy atom. The standard InChI is InChI=1S/C21H29ClN2O2/c22-18-5-3-17(4-6-18)21(9-10-21)20(25)23-14-16-2-1-11-24(15-16)19-7-12-26-13-8-19/h3-6,16,19H,1-2,7-15H2,(H,23,25)/t16-/m1/s1. The maximum absolute atomic E-state index is 12.9. The van der Waals surface area contributed by atoms with Gasteiger partial charge in [0.05, 0.1) is 5.41 Å². The van der Waals surface area contributed by atoms with Crippen molar-refractivity contribution in [3.05, 3.63) is 34.9 Å². The van der Waals surface area contributed by atoms with E-state index in [0.717, 1.165) is 62.6 Å². The molecule has 1 N–H and O–H groups in total. The van der Waals surface area contributed by atoms with E-state index in [9.17, 15) is 4.79 Å². The number of carbonyl (C=O) groups is 1. The van der Waals surface area contributed by atoms with Crippen LogP contribution >= 0.6 is 11.6 Å². The van der Waals surface area contributed by atoms with Gasteiger partial charge in [-0.2, -0.15) is 0 Å². The second kappa shape index (κ2) is 7.87. The quantitative estimate of drug-likeness (QED) is 0.856. The summed E-state index contributed by atoms with van der Waals surface area (Å²) in [5.74, 6) is 0.763. The van der Waals surface area contributed by atoms with Crippen molar-refractivity contribution in [2.24, 2.45) is 5.92 Å². The first-order valence-corrected chi connectivity index (χ1v) is 10.4. The van der Waals surface area contributed by atoms with E-state index in [4.69, 9.17) is 16.3 Å². The van der Waals surface area contributed by atoms with Crippen molar-refractivity contribution in [3.8, 4) is 0 Å². The van der Waals surface area contributed by atoms with Gasteiger partial charge < -0.3 is 10.1 Å². The lowest BCUT2D eigenvalue weighted by Crippen LogP contribution is -2.48. The van der Waals surface area contributed by atoms with E-state index in [2.05, 4.69) is 10.2 Å². The molecule has 1 aromatic rings. The van der Waals surface area contributed by atoms with E-state index in [1.54, 1.807) is 0 Å². The number of halogens is 1. The van der Waals surface area contributed by atoms with Crippen molar-refractivity contribution < 1.29 is 9.53 Å². The van der Waals surface area contributed by atoms with Crippen molar-refractivity contribution in [2.75, 3.05) is 32.8 Å². The Hall–Kier alpha value is -1.10. The minimum absolute atomic E-state index is 0.197. The van der Waals surface area contributed by atoms with E-state index in [1.807, 2.05) is 24.3 Å². The van der Waals surface area contributed by atoms with Crippen LogP contribution in [0.5, 0.6) is 0 Å². The molecular weight excluding hydrogens is 348 g/mol. The van der Waals surface area contributed by atoms with Crippen LogP contribution in [-0.2, 0) is 14.9 Å². The third-order valence-corrected chi connectivity index (χ3v) is 6.64. The summed E-state index contributed by atoms with van der Waals surface area (Å²) >= 11 is 5.99. The summed E-state index contributed by atoms with van der Waals surface area (Å²) in [5.41, 5.74) is 0.798. The second-order valence-electron chi connectivity index (χ2n) is 8.15. The summed E-state index contributed by atoms with van der Waals surface area (Å²) in [6, 6.07) is 8.45. The zero-order valence-electron chi connectivity index (χ0n) is 15.4. The molecule has 142 valence electrons. The maximum Gasteiger partial charge on any atom is 0.230 e. The predicted octanol–water partition coefficient (Wildman–Crippen LogP) is 3.38. The molecule has 1 aromatic carbocycles. The zero-order chi connectivity index (χ0) is 18.0. The highest BCUT2D eigenvalue weighted by Crippen LogP contribution is 2.48. The highest BCUT2D eigenvalue weighted by atomic mass is 35.5. The molecule has 1 saturated carbocycles. The summed E-state index contributed by atoms with van der Waals surface area (Å²) in [6.07, 6.45) is 6.64. The van der Waals surface area contributed by atoms with Gasteiger partial charge >= 0.3 is 0 Å². The number of amides is 1. The summed E-state index contributed by atoms with van der Waals surface area (Å²) in [5, 5.41) is 3.99. The number of ether oxygens (including phenoxy) is 1. The normalized spacial score (nSPS) is 26.4. The molecule has 4 nitrogen and oxygen atoms in total. The Bertz CT molecular complexity index is 623. The van der Waals surface area contributed by atoms with Crippen LogP contribution in [0.2, 0.25) is 5.02 Å². The van der Waals surface area contributed by atoms with Gasteiger partial charge in [-0.25, -0.2) is 0 Å². The van der Waals surface area contributed by atoms with Crippen molar-refractivity contribution in [1.82, 2.24) is 10.2 Å². The molecule has 4 rings (SSSR count). The minimum Gasteiger partial charge on any atom is -0.381 e. The van der Waals surface area contributed by atoms with E-state index >= 15 is 0 Å². The Kier molecular flexibility index (Phi) is 5.53. The van der Waals surface area contributed by atoms with Crippen LogP contribution in [-0.4, -0.2) is 49.7 Å². The topological polar surface area (TPSA) is 41.6 Å². The molecule has 0 aromatic heterocycles. The van der Waals surface area contributed by atoms with Crippen LogP contribution in [0.3, 0.4) is 0 Å². The molecule has 1 atom stereocenters. The summed E-state index contributed by atoms with van der Waals surface area (Å²) in [4.78, 5) is 15.5. The Balaban J connectivity index is 1.30. The Labute approximate surface area is 161 Å². The number of piperidine rings is 1. The van der Waals surface area contributed by atoms with E-state index < -0.39 is 0 Å². The molecule has 26 heavy (non-hydrogen) atoms. The first-order chi connectivity index (χ1) is 12.7. The lowest BCUT2D eigenvalue weighted by molar-refractivity contribution is -0.123. The highest BCUT2D eigenvalue weighted by Gasteiger charge is 2.51. The molecule has 2 saturated heterocycles. The fourth-order valence-corrected chi connectivity index (χ4v) is 4.72. The predicted molar refractivity (Wildman–Crippen MR) is 104 cm³/mol. The number of rotatable bonds is 5. The number of benzene rings is 1. The minimum atomic E-state index is -0.306. The molecular formula is C21H29ClN2O2. The van der Waals surface area contributed by atoms with Gasteiger partial charge in [0.1, 0.15) is 0 Å². The van der Waals surface area contributed by atoms with E-state index in [1.165, 1.54) is 19.4 Å². The molecule has 5 heteroatoms. The van der Waals surface area contributed by atoms with Crippen molar-refractivity contribution in [1.29, 1.82) is 0 Å². The molecule has 2 aliphatic heterocycles. The first-order valence-electron chi connectivity index (χ1n) is 10.0. The van der Waals surface area contributed by atoms with Gasteiger partial charge in [-0.05, 0) is 68.7 Å². The SMILES string of the molecule is O=C(NC[C@H]1CCCN(C2CCOCC2)C1)C1(c2ccc(Cl)cc2)CC1. The molecule has 1 aliphatic carbocycles. The van der Waals surface area contributed by atoms with Crippen molar-refractivity contribution in [2.45, 2.75) is 50.0 Å². The largest absolute Gasteiger partial charge is 0.381 e. The van der Waals surface area contributed by atoms with Crippen LogP contribution in [0.4, 0.5) is 0 Å². The second-order valence-corrected chi connectivity index (χ2v) is 8.58. The summed E-state index contributed by atoms with van der Waals surface area (Å²) in [6.45, 7) is 4.90. The van der Waals surface area contributed by atoms with Gasteiger partial charge in [-0.1, -0.05) is 23.7 Å². The lowest BCUT2D eigenvalue weighted by atomic mass is 9.93. The van der Waals surface area contributed by atoms with Crippen LogP contribution in [0, 0.1) is 5.92 Å². The third-order valence-electron chi connectivity index (χ3n) is 6.39. The average Bonchev–Trinajstić information content (AvgIpc) is 3.50. The molecule has 3 fully saturated rings. The highest BCUT2D eigenvalue weighted by molar-refractivity contribution is 6.30. The Morgan fingerprint density at radius 3 is 2.62 bits per heavy atom. The number of hydrogen-bond donors (Lipinski definition) is 1. The molecule has 3 aliphatic rings. The number of nitrogens with zero attached hydrogens (tertiary/aromatic N) is 1. The zero-order valence-corrected chi connectivity index (χ0v) is 16.1. The molecule has 0 bridgehead atoms. The number of nitrogens with one attached hydrogen (secondary N) is 1. The van der Waals surface area contributed by atoms with E-state index in [0.29, 0.717) is 12.0 Å². The van der Waals surface area contributed by atoms with Gasteiger partial charge in [-0.3, -0.25) is 9.69 Å². The Morgan fingerprint density at radius 1 is 1.19 bits per heavy atom. The monoisotopic (exact) mass is 376 g/mol. The van der Waals surface area contributed by atoms with Crippen LogP contribution in [0.25, 0.3) is 0 Å². The fourth-order valence-electron chi connectivity index (χ4n) is 4.59. The molecule has 0 spiro atoms. The van der Waals surface area contributed by atoms with Gasteiger partial charge in [0.2, 0.25) is 5.91 Å². The fraction of sp³-hybridized carbons (Fsp3) is 0.667. The maximum atomic E-state index is 12.9. The molecule has 0 radical (unpaired) electrons. The van der Waals surface area contributed by atoms with Gasteiger partial charge in [0, 0.05) is 37.4 Å². The van der Waals surface area contributed by atoms with Gasteiger partial charge in [0.25, 0.3) is 0 Å². The van der Waals surface area contributed by atoms with Crippen LogP contribution in [0.1, 0.15) is 44.1 Å². The van der Waals surface area contributed by atoms with Gasteiger partial charge in [0.15, 0.2) is 0 Å². The van der Waals surface area contributed by atoms with Crippen molar-refractivity contribution in [3.63, 3.8) is 0 Å². The lowest BCUT2D eigenvalue weighted by Gasteiger charge is -2.40. The molecule has 1 amide bonds. The molecule has 2 heterocycles. The smallest absolute Gasteiger partial charge is 0.230 e. The summed E-state index contributed by atoms with van der Waals surface area (Å²) in [7, 11) is 0. The van der Waals surface area contributed by atoms with E-state index in [-0.39, 0.29) is 11.3 Å². The average molecular weight is 377 g/mol. The number of hydrogen-bond acceptors (Lipinski definition) is 3. The third kappa shape index (κ3) is 3.92. The summed E-state index contributed by atoms with van der Waals surface area (Å²) < 4.78 is 5.50. The van der Waals surface area contributed by atoms with Gasteiger partial charge in [-0.15, -0.1) is 0 Å². The van der Waals surface area contributed by atoms with Crippen LogP contribution in [0.15, 0.2) is 24.3 Å². The number of carbonyl (C=O) groups excluding carboxylic acids is 1. The molecule has 0 unspecified atom stereocenters.